The first-order valence-electron chi connectivity index (χ1n) is 10.7. The smallest absolute Gasteiger partial charge is 0.0866 e. The number of hydrogen-bond donors (Lipinski definition) is 1. The van der Waals surface area contributed by atoms with E-state index in [4.69, 9.17) is 29.3 Å². The molecule has 0 heterocycles. The summed E-state index contributed by atoms with van der Waals surface area (Å²) in [6.07, 6.45) is 1.97. The summed E-state index contributed by atoms with van der Waals surface area (Å²) in [5.74, 6) is 0.364. The molecule has 0 amide bonds. The summed E-state index contributed by atoms with van der Waals surface area (Å²) < 4.78 is 21.6. The molecule has 0 aliphatic heterocycles. The van der Waals surface area contributed by atoms with Gasteiger partial charge in [0.2, 0.25) is 0 Å². The molecular formula is C23H38N2O5. The highest BCUT2D eigenvalue weighted by Crippen LogP contribution is 2.27. The number of rotatable bonds is 19. The lowest BCUT2D eigenvalue weighted by atomic mass is 9.87. The Kier molecular flexibility index (Phi) is 16.1. The molecule has 1 N–H and O–H groups in total. The van der Waals surface area contributed by atoms with Crippen LogP contribution in [0.1, 0.15) is 31.2 Å². The molecule has 0 saturated carbocycles. The summed E-state index contributed by atoms with van der Waals surface area (Å²) in [5.41, 5.74) is 1.31. The molecular weight excluding hydrogens is 384 g/mol. The fraction of sp³-hybridized carbons (Fsp3) is 0.696. The zero-order valence-electron chi connectivity index (χ0n) is 18.5. The monoisotopic (exact) mass is 422 g/mol. The van der Waals surface area contributed by atoms with Crippen LogP contribution in [0.5, 0.6) is 0 Å². The van der Waals surface area contributed by atoms with E-state index in [-0.39, 0.29) is 12.6 Å². The largest absolute Gasteiger partial charge is 0.394 e. The number of aliphatic hydroxyl groups is 1. The molecule has 1 rings (SSSR count). The van der Waals surface area contributed by atoms with Gasteiger partial charge in [0, 0.05) is 12.6 Å². The highest BCUT2D eigenvalue weighted by molar-refractivity contribution is 5.21. The van der Waals surface area contributed by atoms with Crippen LogP contribution in [0.25, 0.3) is 0 Å². The van der Waals surface area contributed by atoms with E-state index in [0.717, 1.165) is 12.8 Å². The zero-order chi connectivity index (χ0) is 21.9. The number of nitriles is 1. The standard InChI is InChI=1S/C23H38N2O5/c1-21(25(2)11-10-24)23(22-7-4-3-5-8-22)9-6-13-27-15-17-29-19-20-30-18-16-28-14-12-26/h3-5,7-8,21,23,26H,6,9,11-20H2,1-2H3/t21-,23-/m0/s1. The Morgan fingerprint density at radius 2 is 1.43 bits per heavy atom. The lowest BCUT2D eigenvalue weighted by Gasteiger charge is -2.31. The van der Waals surface area contributed by atoms with E-state index in [1.807, 2.05) is 13.1 Å². The molecule has 0 fully saturated rings. The first-order chi connectivity index (χ1) is 14.7. The van der Waals surface area contributed by atoms with Crippen molar-refractivity contribution in [2.75, 3.05) is 73.1 Å². The van der Waals surface area contributed by atoms with Crippen molar-refractivity contribution in [3.8, 4) is 6.07 Å². The van der Waals surface area contributed by atoms with E-state index in [0.29, 0.717) is 65.3 Å². The van der Waals surface area contributed by atoms with Crippen LogP contribution in [-0.2, 0) is 18.9 Å². The number of aliphatic hydroxyl groups excluding tert-OH is 1. The van der Waals surface area contributed by atoms with Crippen molar-refractivity contribution in [1.82, 2.24) is 4.90 Å². The van der Waals surface area contributed by atoms with Gasteiger partial charge in [0.25, 0.3) is 0 Å². The zero-order valence-corrected chi connectivity index (χ0v) is 18.5. The van der Waals surface area contributed by atoms with Crippen LogP contribution in [0, 0.1) is 11.3 Å². The van der Waals surface area contributed by atoms with Crippen molar-refractivity contribution in [3.05, 3.63) is 35.9 Å². The van der Waals surface area contributed by atoms with Gasteiger partial charge in [0.05, 0.1) is 65.5 Å². The third-order valence-corrected chi connectivity index (χ3v) is 4.98. The highest BCUT2D eigenvalue weighted by atomic mass is 16.6. The Bertz CT molecular complexity index is 552. The topological polar surface area (TPSA) is 84.2 Å². The minimum absolute atomic E-state index is 0.0350. The Hall–Kier alpha value is -1.53. The van der Waals surface area contributed by atoms with Gasteiger partial charge in [-0.25, -0.2) is 0 Å². The second kappa shape index (κ2) is 18.3. The second-order valence-corrected chi connectivity index (χ2v) is 7.15. The van der Waals surface area contributed by atoms with Crippen LogP contribution >= 0.6 is 0 Å². The summed E-state index contributed by atoms with van der Waals surface area (Å²) in [7, 11) is 2.00. The van der Waals surface area contributed by atoms with Gasteiger partial charge in [-0.1, -0.05) is 30.3 Å². The molecule has 7 nitrogen and oxygen atoms in total. The molecule has 0 aliphatic rings. The van der Waals surface area contributed by atoms with Crippen molar-refractivity contribution in [2.24, 2.45) is 0 Å². The molecule has 30 heavy (non-hydrogen) atoms. The normalized spacial score (nSPS) is 13.3. The van der Waals surface area contributed by atoms with Crippen LogP contribution in [0.4, 0.5) is 0 Å². The molecule has 1 aromatic carbocycles. The van der Waals surface area contributed by atoms with Crippen LogP contribution in [0.3, 0.4) is 0 Å². The van der Waals surface area contributed by atoms with Gasteiger partial charge >= 0.3 is 0 Å². The third-order valence-electron chi connectivity index (χ3n) is 4.98. The molecule has 0 spiro atoms. The summed E-state index contributed by atoms with van der Waals surface area (Å²) in [6.45, 7) is 6.85. The minimum atomic E-state index is 0.0350. The molecule has 0 bridgehead atoms. The van der Waals surface area contributed by atoms with Gasteiger partial charge in [-0.15, -0.1) is 0 Å². The number of hydrogen-bond acceptors (Lipinski definition) is 7. The highest BCUT2D eigenvalue weighted by Gasteiger charge is 2.22. The molecule has 0 aromatic heterocycles. The Morgan fingerprint density at radius 1 is 0.900 bits per heavy atom. The quantitative estimate of drug-likeness (QED) is 0.271. The molecule has 2 atom stereocenters. The van der Waals surface area contributed by atoms with Crippen molar-refractivity contribution >= 4 is 0 Å². The van der Waals surface area contributed by atoms with E-state index in [1.165, 1.54) is 5.56 Å². The summed E-state index contributed by atoms with van der Waals surface area (Å²) >= 11 is 0. The Balaban J connectivity index is 2.14. The average molecular weight is 423 g/mol. The number of likely N-dealkylation sites (N-methyl/N-ethyl adjacent to an activating group) is 1. The SMILES string of the molecule is C[C@@H]([C@H](CCCOCCOCCOCCOCCO)c1ccccc1)N(C)CC#N. The fourth-order valence-corrected chi connectivity index (χ4v) is 3.18. The average Bonchev–Trinajstić information content (AvgIpc) is 2.77. The molecule has 0 unspecified atom stereocenters. The van der Waals surface area contributed by atoms with E-state index in [1.54, 1.807) is 0 Å². The molecule has 0 aliphatic carbocycles. The number of nitrogens with zero attached hydrogens (tertiary/aromatic N) is 2. The van der Waals surface area contributed by atoms with Gasteiger partial charge in [-0.2, -0.15) is 5.26 Å². The predicted octanol–water partition coefficient (Wildman–Crippen LogP) is 2.45. The van der Waals surface area contributed by atoms with E-state index in [2.05, 4.69) is 42.2 Å². The number of ether oxygens (including phenoxy) is 4. The Labute approximate surface area is 181 Å². The minimum Gasteiger partial charge on any atom is -0.394 e. The maximum Gasteiger partial charge on any atom is 0.0866 e. The van der Waals surface area contributed by atoms with Crippen molar-refractivity contribution in [1.29, 1.82) is 5.26 Å². The maximum atomic E-state index is 9.00. The molecule has 7 heteroatoms. The molecule has 0 saturated heterocycles. The Morgan fingerprint density at radius 3 is 1.97 bits per heavy atom. The van der Waals surface area contributed by atoms with E-state index in [9.17, 15) is 0 Å². The van der Waals surface area contributed by atoms with Crippen LogP contribution in [-0.4, -0.2) is 89.1 Å². The maximum absolute atomic E-state index is 9.00. The predicted molar refractivity (Wildman–Crippen MR) is 116 cm³/mol. The number of benzene rings is 1. The van der Waals surface area contributed by atoms with Gasteiger partial charge < -0.3 is 24.1 Å². The molecule has 1 aromatic rings. The van der Waals surface area contributed by atoms with Crippen molar-refractivity contribution < 1.29 is 24.1 Å². The van der Waals surface area contributed by atoms with E-state index < -0.39 is 0 Å². The summed E-state index contributed by atoms with van der Waals surface area (Å²) in [4.78, 5) is 2.10. The lowest BCUT2D eigenvalue weighted by molar-refractivity contribution is -0.00592. The van der Waals surface area contributed by atoms with E-state index >= 15 is 0 Å². The fourth-order valence-electron chi connectivity index (χ4n) is 3.18. The third kappa shape index (κ3) is 12.2. The van der Waals surface area contributed by atoms with Gasteiger partial charge in [-0.3, -0.25) is 4.90 Å². The van der Waals surface area contributed by atoms with Crippen molar-refractivity contribution in [2.45, 2.75) is 31.7 Å². The lowest BCUT2D eigenvalue weighted by Crippen LogP contribution is -2.34. The summed E-state index contributed by atoms with van der Waals surface area (Å²) in [5, 5.41) is 17.6. The van der Waals surface area contributed by atoms with Crippen LogP contribution in [0.15, 0.2) is 30.3 Å². The van der Waals surface area contributed by atoms with Crippen molar-refractivity contribution in [3.63, 3.8) is 0 Å². The van der Waals surface area contributed by atoms with Gasteiger partial charge in [0.15, 0.2) is 0 Å². The van der Waals surface area contributed by atoms with Gasteiger partial charge in [-0.05, 0) is 38.3 Å². The first kappa shape index (κ1) is 26.5. The van der Waals surface area contributed by atoms with Crippen LogP contribution in [0.2, 0.25) is 0 Å². The molecule has 0 radical (unpaired) electrons. The molecule has 170 valence electrons. The summed E-state index contributed by atoms with van der Waals surface area (Å²) in [6, 6.07) is 13.0. The first-order valence-corrected chi connectivity index (χ1v) is 10.7. The second-order valence-electron chi connectivity index (χ2n) is 7.15. The van der Waals surface area contributed by atoms with Crippen LogP contribution < -0.4 is 0 Å². The van der Waals surface area contributed by atoms with Gasteiger partial charge in [0.1, 0.15) is 0 Å².